The van der Waals surface area contributed by atoms with E-state index in [1.165, 1.54) is 4.90 Å². The number of hydrogen-bond donors (Lipinski definition) is 2. The number of likely N-dealkylation sites (N-methyl/N-ethyl adjacent to an activating group) is 1. The topological polar surface area (TPSA) is 126 Å². The van der Waals surface area contributed by atoms with Crippen LogP contribution in [0.1, 0.15) is 23.2 Å². The molecular weight excluding hydrogens is 280 g/mol. The van der Waals surface area contributed by atoms with Crippen LogP contribution in [0.2, 0.25) is 0 Å². The summed E-state index contributed by atoms with van der Waals surface area (Å²) in [7, 11) is 1.56. The van der Waals surface area contributed by atoms with Gasteiger partial charge in [-0.25, -0.2) is 9.78 Å². The quantitative estimate of drug-likeness (QED) is 0.574. The van der Waals surface area contributed by atoms with Crippen molar-refractivity contribution in [1.29, 1.82) is 0 Å². The van der Waals surface area contributed by atoms with E-state index in [1.807, 2.05) is 0 Å². The maximum atomic E-state index is 11.7. The van der Waals surface area contributed by atoms with Gasteiger partial charge >= 0.3 is 11.7 Å². The predicted molar refractivity (Wildman–Crippen MR) is 72.3 cm³/mol. The summed E-state index contributed by atoms with van der Waals surface area (Å²) in [5, 5.41) is 22.5. The van der Waals surface area contributed by atoms with E-state index in [0.29, 0.717) is 0 Å². The van der Waals surface area contributed by atoms with Crippen molar-refractivity contribution in [2.24, 2.45) is 0 Å². The Kier molecular flexibility index (Phi) is 4.01. The van der Waals surface area contributed by atoms with Crippen LogP contribution in [0.4, 0.5) is 11.5 Å². The van der Waals surface area contributed by atoms with E-state index in [4.69, 9.17) is 5.11 Å². The minimum absolute atomic E-state index is 0.000367. The second-order valence-electron chi connectivity index (χ2n) is 4.82. The zero-order chi connectivity index (χ0) is 15.6. The maximum Gasteiger partial charge on any atom is 0.342 e. The molecule has 1 aromatic heterocycles. The lowest BCUT2D eigenvalue weighted by atomic mass is 10.2. The second kappa shape index (κ2) is 5.73. The van der Waals surface area contributed by atoms with Gasteiger partial charge < -0.3 is 15.3 Å². The largest absolute Gasteiger partial charge is 0.477 e. The van der Waals surface area contributed by atoms with Crippen molar-refractivity contribution in [3.8, 4) is 0 Å². The van der Waals surface area contributed by atoms with Gasteiger partial charge in [-0.3, -0.25) is 14.9 Å². The highest BCUT2D eigenvalue weighted by molar-refractivity contribution is 5.93. The third kappa shape index (κ3) is 3.65. The Hall–Kier alpha value is -2.71. The highest BCUT2D eigenvalue weighted by Crippen LogP contribution is 2.22. The summed E-state index contributed by atoms with van der Waals surface area (Å²) in [6, 6.07) is 1.32. The molecule has 2 rings (SSSR count). The lowest BCUT2D eigenvalue weighted by Gasteiger charge is -2.17. The van der Waals surface area contributed by atoms with E-state index in [2.05, 4.69) is 10.3 Å². The van der Waals surface area contributed by atoms with Gasteiger partial charge in [0.25, 0.3) is 0 Å². The molecule has 0 saturated heterocycles. The lowest BCUT2D eigenvalue weighted by molar-refractivity contribution is -0.385. The minimum atomic E-state index is -1.42. The number of carboxylic acids is 1. The third-order valence-electron chi connectivity index (χ3n) is 3.01. The number of nitro groups is 1. The van der Waals surface area contributed by atoms with E-state index in [1.54, 1.807) is 7.05 Å². The van der Waals surface area contributed by atoms with Crippen LogP contribution in [0.3, 0.4) is 0 Å². The highest BCUT2D eigenvalue weighted by Gasteiger charge is 2.25. The molecule has 0 bridgehead atoms. The number of aromatic carboxylic acids is 1. The molecule has 1 amide bonds. The van der Waals surface area contributed by atoms with Gasteiger partial charge in [-0.1, -0.05) is 0 Å². The first-order valence-corrected chi connectivity index (χ1v) is 6.26. The summed E-state index contributed by atoms with van der Waals surface area (Å²) in [5.74, 6) is -1.43. The molecule has 1 heterocycles. The third-order valence-corrected chi connectivity index (χ3v) is 3.01. The molecule has 0 aliphatic heterocycles. The lowest BCUT2D eigenvalue weighted by Crippen LogP contribution is -2.36. The van der Waals surface area contributed by atoms with Crippen LogP contribution >= 0.6 is 0 Å². The molecule has 2 N–H and O–H groups in total. The van der Waals surface area contributed by atoms with Crippen molar-refractivity contribution < 1.29 is 19.6 Å². The van der Waals surface area contributed by atoms with E-state index in [9.17, 15) is 19.7 Å². The number of nitrogens with one attached hydrogen (secondary N) is 1. The van der Waals surface area contributed by atoms with Crippen molar-refractivity contribution in [3.63, 3.8) is 0 Å². The van der Waals surface area contributed by atoms with Crippen molar-refractivity contribution in [3.05, 3.63) is 27.9 Å². The average Bonchev–Trinajstić information content (AvgIpc) is 3.21. The van der Waals surface area contributed by atoms with Crippen LogP contribution in [0.15, 0.2) is 12.3 Å². The summed E-state index contributed by atoms with van der Waals surface area (Å²) >= 11 is 0. The van der Waals surface area contributed by atoms with Crippen LogP contribution in [0, 0.1) is 10.1 Å². The average molecular weight is 294 g/mol. The summed E-state index contributed by atoms with van der Waals surface area (Å²) in [5.41, 5.74) is -1.04. The Morgan fingerprint density at radius 1 is 1.57 bits per heavy atom. The van der Waals surface area contributed by atoms with Crippen LogP contribution in [0.25, 0.3) is 0 Å². The fourth-order valence-electron chi connectivity index (χ4n) is 1.76. The molecule has 9 heteroatoms. The number of anilines is 1. The molecule has 0 aromatic carbocycles. The minimum Gasteiger partial charge on any atom is -0.477 e. The molecule has 0 unspecified atom stereocenters. The molecule has 9 nitrogen and oxygen atoms in total. The smallest absolute Gasteiger partial charge is 0.342 e. The van der Waals surface area contributed by atoms with Crippen molar-refractivity contribution in [2.75, 3.05) is 18.5 Å². The molecule has 1 saturated carbocycles. The number of amides is 1. The second-order valence-corrected chi connectivity index (χ2v) is 4.82. The molecule has 1 aliphatic rings. The van der Waals surface area contributed by atoms with E-state index >= 15 is 0 Å². The normalized spacial score (nSPS) is 13.6. The number of hydrogen-bond acceptors (Lipinski definition) is 6. The monoisotopic (exact) mass is 294 g/mol. The molecule has 1 fully saturated rings. The zero-order valence-corrected chi connectivity index (χ0v) is 11.3. The van der Waals surface area contributed by atoms with E-state index in [-0.39, 0.29) is 24.3 Å². The molecular formula is C12H14N4O5. The molecule has 1 aliphatic carbocycles. The maximum absolute atomic E-state index is 11.7. The zero-order valence-electron chi connectivity index (χ0n) is 11.3. The predicted octanol–water partition coefficient (Wildman–Crippen LogP) is 0.403. The summed E-state index contributed by atoms with van der Waals surface area (Å²) in [6.07, 6.45) is 2.82. The molecule has 112 valence electrons. The summed E-state index contributed by atoms with van der Waals surface area (Å²) in [6.45, 7) is 0.000367. The summed E-state index contributed by atoms with van der Waals surface area (Å²) < 4.78 is 0. The van der Waals surface area contributed by atoms with Gasteiger partial charge in [-0.05, 0) is 12.8 Å². The molecule has 1 aromatic rings. The first kappa shape index (κ1) is 14.7. The Morgan fingerprint density at radius 2 is 2.24 bits per heavy atom. The Labute approximate surface area is 119 Å². The number of aromatic nitrogens is 1. The van der Waals surface area contributed by atoms with Crippen LogP contribution < -0.4 is 10.2 Å². The molecule has 0 spiro atoms. The number of nitrogens with zero attached hydrogens (tertiary/aromatic N) is 3. The fourth-order valence-corrected chi connectivity index (χ4v) is 1.76. The van der Waals surface area contributed by atoms with E-state index in [0.717, 1.165) is 25.1 Å². The number of rotatable bonds is 6. The molecule has 21 heavy (non-hydrogen) atoms. The van der Waals surface area contributed by atoms with Crippen molar-refractivity contribution in [2.45, 2.75) is 18.9 Å². The van der Waals surface area contributed by atoms with Crippen LogP contribution in [0.5, 0.6) is 0 Å². The Bertz CT molecular complexity index is 599. The highest BCUT2D eigenvalue weighted by atomic mass is 16.6. The van der Waals surface area contributed by atoms with Gasteiger partial charge in [-0.15, -0.1) is 0 Å². The number of carbonyl (C=O) groups is 2. The van der Waals surface area contributed by atoms with Gasteiger partial charge in [0.1, 0.15) is 17.6 Å². The number of carboxylic acid groups (broad SMARTS) is 1. The van der Waals surface area contributed by atoms with Gasteiger partial charge in [0, 0.05) is 19.2 Å². The fraction of sp³-hybridized carbons (Fsp3) is 0.417. The first-order valence-electron chi connectivity index (χ1n) is 6.26. The Balaban J connectivity index is 2.14. The van der Waals surface area contributed by atoms with Gasteiger partial charge in [0.2, 0.25) is 5.91 Å². The van der Waals surface area contributed by atoms with Crippen molar-refractivity contribution >= 4 is 23.4 Å². The number of pyridine rings is 1. The van der Waals surface area contributed by atoms with Gasteiger partial charge in [0.15, 0.2) is 0 Å². The van der Waals surface area contributed by atoms with Crippen molar-refractivity contribution in [1.82, 2.24) is 10.3 Å². The van der Waals surface area contributed by atoms with E-state index < -0.39 is 22.1 Å². The number of carbonyl (C=O) groups excluding carboxylic acids is 1. The standard InChI is InChI=1S/C12H14N4O5/c1-15(6-11(17)14-7-2-3-7)10-4-8(12(18)19)9(5-13-10)16(20)21/h4-5,7H,2-3,6H2,1H3,(H,14,17)(H,18,19). The Morgan fingerprint density at radius 3 is 2.76 bits per heavy atom. The SMILES string of the molecule is CN(CC(=O)NC1CC1)c1cc(C(=O)O)c([N+](=O)[O-])cn1. The van der Waals surface area contributed by atoms with Crippen LogP contribution in [-0.4, -0.2) is 46.5 Å². The summed E-state index contributed by atoms with van der Waals surface area (Å²) in [4.78, 5) is 37.9. The van der Waals surface area contributed by atoms with Crippen LogP contribution in [-0.2, 0) is 4.79 Å². The molecule has 0 atom stereocenters. The van der Waals surface area contributed by atoms with Gasteiger partial charge in [-0.2, -0.15) is 0 Å². The molecule has 0 radical (unpaired) electrons. The first-order chi connectivity index (χ1) is 9.88. The van der Waals surface area contributed by atoms with Gasteiger partial charge in [0.05, 0.1) is 11.5 Å².